The average Bonchev–Trinajstić information content (AvgIpc) is 2.19. The summed E-state index contributed by atoms with van der Waals surface area (Å²) in [5, 5.41) is 10.4. The summed E-state index contributed by atoms with van der Waals surface area (Å²) in [5.74, 6) is -0.650. The molecule has 0 saturated carbocycles. The molecule has 3 heteroatoms. The van der Waals surface area contributed by atoms with Gasteiger partial charge in [-0.3, -0.25) is 0 Å². The summed E-state index contributed by atoms with van der Waals surface area (Å²) >= 11 is 0. The van der Waals surface area contributed by atoms with E-state index in [-0.39, 0.29) is 0 Å². The second-order valence-electron chi connectivity index (χ2n) is 3.08. The summed E-state index contributed by atoms with van der Waals surface area (Å²) in [6.07, 6.45) is 0.0403. The van der Waals surface area contributed by atoms with Gasteiger partial charge in [0.15, 0.2) is 0 Å². The molecule has 0 aromatic heterocycles. The standard InChI is InChI=1S/C11H14O3/c1-3-9-4-6-10(7-5-9)14-8(2)11(12)13/h4-8H,3H2,1-2H3,(H,12,13)/p-1/t8-/m1/s1. The molecule has 0 bridgehead atoms. The topological polar surface area (TPSA) is 49.4 Å². The molecule has 0 aliphatic rings. The highest BCUT2D eigenvalue weighted by Crippen LogP contribution is 2.13. The zero-order chi connectivity index (χ0) is 10.6. The van der Waals surface area contributed by atoms with Gasteiger partial charge in [0.2, 0.25) is 0 Å². The highest BCUT2D eigenvalue weighted by atomic mass is 16.5. The maximum Gasteiger partial charge on any atom is 0.135 e. The van der Waals surface area contributed by atoms with Crippen LogP contribution in [-0.2, 0) is 11.2 Å². The maximum absolute atomic E-state index is 10.4. The minimum Gasteiger partial charge on any atom is -0.546 e. The molecular formula is C11H13O3-. The van der Waals surface area contributed by atoms with Crippen molar-refractivity contribution < 1.29 is 14.6 Å². The molecule has 0 heterocycles. The van der Waals surface area contributed by atoms with Crippen LogP contribution in [0.25, 0.3) is 0 Å². The minimum atomic E-state index is -1.20. The smallest absolute Gasteiger partial charge is 0.135 e. The Morgan fingerprint density at radius 1 is 1.43 bits per heavy atom. The van der Waals surface area contributed by atoms with E-state index in [1.807, 2.05) is 12.1 Å². The summed E-state index contributed by atoms with van der Waals surface area (Å²) in [7, 11) is 0. The third kappa shape index (κ3) is 2.76. The van der Waals surface area contributed by atoms with E-state index >= 15 is 0 Å². The number of carbonyl (C=O) groups is 1. The van der Waals surface area contributed by atoms with Crippen LogP contribution in [0.1, 0.15) is 19.4 Å². The molecule has 76 valence electrons. The Morgan fingerprint density at radius 2 is 2.00 bits per heavy atom. The monoisotopic (exact) mass is 193 g/mol. The van der Waals surface area contributed by atoms with Gasteiger partial charge in [0.25, 0.3) is 0 Å². The molecule has 0 spiro atoms. The molecule has 1 rings (SSSR count). The average molecular weight is 193 g/mol. The van der Waals surface area contributed by atoms with Crippen LogP contribution < -0.4 is 9.84 Å². The maximum atomic E-state index is 10.4. The van der Waals surface area contributed by atoms with Crippen LogP contribution in [0.15, 0.2) is 24.3 Å². The van der Waals surface area contributed by atoms with E-state index in [2.05, 4.69) is 6.92 Å². The Bertz CT molecular complexity index is 303. The molecule has 14 heavy (non-hydrogen) atoms. The van der Waals surface area contributed by atoms with Crippen LogP contribution in [0, 0.1) is 0 Å². The van der Waals surface area contributed by atoms with E-state index in [1.165, 1.54) is 12.5 Å². The second kappa shape index (κ2) is 4.65. The Kier molecular flexibility index (Phi) is 3.51. The number of aryl methyl sites for hydroxylation is 1. The minimum absolute atomic E-state index is 0.555. The molecule has 0 unspecified atom stereocenters. The zero-order valence-corrected chi connectivity index (χ0v) is 8.32. The lowest BCUT2D eigenvalue weighted by atomic mass is 10.2. The van der Waals surface area contributed by atoms with Crippen LogP contribution in [0.5, 0.6) is 5.75 Å². The normalized spacial score (nSPS) is 12.1. The summed E-state index contributed by atoms with van der Waals surface area (Å²) < 4.78 is 5.11. The van der Waals surface area contributed by atoms with E-state index in [1.54, 1.807) is 12.1 Å². The number of carboxylic acids is 1. The van der Waals surface area contributed by atoms with Crippen LogP contribution in [-0.4, -0.2) is 12.1 Å². The van der Waals surface area contributed by atoms with Crippen molar-refractivity contribution in [3.05, 3.63) is 29.8 Å². The summed E-state index contributed by atoms with van der Waals surface area (Å²) in [5.41, 5.74) is 1.19. The van der Waals surface area contributed by atoms with Crippen LogP contribution in [0.2, 0.25) is 0 Å². The van der Waals surface area contributed by atoms with E-state index in [4.69, 9.17) is 4.74 Å². The second-order valence-corrected chi connectivity index (χ2v) is 3.08. The van der Waals surface area contributed by atoms with Crippen LogP contribution >= 0.6 is 0 Å². The van der Waals surface area contributed by atoms with Crippen molar-refractivity contribution >= 4 is 5.97 Å². The first kappa shape index (κ1) is 10.6. The van der Waals surface area contributed by atoms with Crippen molar-refractivity contribution in [2.24, 2.45) is 0 Å². The molecule has 0 N–H and O–H groups in total. The Labute approximate surface area is 83.3 Å². The number of aliphatic carboxylic acids is 1. The third-order valence-electron chi connectivity index (χ3n) is 1.98. The van der Waals surface area contributed by atoms with E-state index < -0.39 is 12.1 Å². The molecule has 1 atom stereocenters. The number of carbonyl (C=O) groups excluding carboxylic acids is 1. The number of carboxylic acid groups (broad SMARTS) is 1. The van der Waals surface area contributed by atoms with Crippen molar-refractivity contribution in [1.29, 1.82) is 0 Å². The summed E-state index contributed by atoms with van der Waals surface area (Å²) in [4.78, 5) is 10.4. The first-order valence-electron chi connectivity index (χ1n) is 4.60. The Morgan fingerprint density at radius 3 is 2.43 bits per heavy atom. The van der Waals surface area contributed by atoms with Gasteiger partial charge >= 0.3 is 0 Å². The molecule has 0 saturated heterocycles. The number of hydrogen-bond donors (Lipinski definition) is 0. The van der Waals surface area contributed by atoms with Crippen molar-refractivity contribution in [2.45, 2.75) is 26.4 Å². The third-order valence-corrected chi connectivity index (χ3v) is 1.98. The van der Waals surface area contributed by atoms with Gasteiger partial charge in [0.05, 0.1) is 5.97 Å². The molecule has 0 fully saturated rings. The van der Waals surface area contributed by atoms with Crippen LogP contribution in [0.4, 0.5) is 0 Å². The number of hydrogen-bond acceptors (Lipinski definition) is 3. The van der Waals surface area contributed by atoms with E-state index in [0.29, 0.717) is 5.75 Å². The predicted molar refractivity (Wildman–Crippen MR) is 50.9 cm³/mol. The lowest BCUT2D eigenvalue weighted by molar-refractivity contribution is -0.312. The lowest BCUT2D eigenvalue weighted by Crippen LogP contribution is -2.37. The number of ether oxygens (including phenoxy) is 1. The van der Waals surface area contributed by atoms with Gasteiger partial charge in [-0.1, -0.05) is 19.1 Å². The lowest BCUT2D eigenvalue weighted by Gasteiger charge is -2.15. The number of benzene rings is 1. The summed E-state index contributed by atoms with van der Waals surface area (Å²) in [6.45, 7) is 3.50. The Hall–Kier alpha value is -1.51. The first-order chi connectivity index (χ1) is 6.63. The van der Waals surface area contributed by atoms with Gasteiger partial charge < -0.3 is 14.6 Å². The zero-order valence-electron chi connectivity index (χ0n) is 8.32. The predicted octanol–water partition coefficient (Wildman–Crippen LogP) is 0.766. The largest absolute Gasteiger partial charge is 0.546 e. The molecule has 3 nitrogen and oxygen atoms in total. The van der Waals surface area contributed by atoms with Gasteiger partial charge in [-0.05, 0) is 31.0 Å². The van der Waals surface area contributed by atoms with E-state index in [0.717, 1.165) is 6.42 Å². The molecular weight excluding hydrogens is 180 g/mol. The van der Waals surface area contributed by atoms with E-state index in [9.17, 15) is 9.90 Å². The molecule has 0 radical (unpaired) electrons. The van der Waals surface area contributed by atoms with Gasteiger partial charge in [0.1, 0.15) is 11.9 Å². The summed E-state index contributed by atoms with van der Waals surface area (Å²) in [6, 6.07) is 7.35. The van der Waals surface area contributed by atoms with Gasteiger partial charge in [-0.25, -0.2) is 0 Å². The van der Waals surface area contributed by atoms with Crippen molar-refractivity contribution in [3.8, 4) is 5.75 Å². The quantitative estimate of drug-likeness (QED) is 0.709. The SMILES string of the molecule is CCc1ccc(O[C@H](C)C(=O)[O-])cc1. The van der Waals surface area contributed by atoms with Crippen LogP contribution in [0.3, 0.4) is 0 Å². The first-order valence-corrected chi connectivity index (χ1v) is 4.60. The molecule has 1 aromatic rings. The molecule has 0 amide bonds. The van der Waals surface area contributed by atoms with Crippen molar-refractivity contribution in [2.75, 3.05) is 0 Å². The highest BCUT2D eigenvalue weighted by molar-refractivity contribution is 5.69. The van der Waals surface area contributed by atoms with Gasteiger partial charge in [0, 0.05) is 0 Å². The Balaban J connectivity index is 2.64. The highest BCUT2D eigenvalue weighted by Gasteiger charge is 2.03. The number of rotatable bonds is 4. The molecule has 0 aliphatic carbocycles. The molecule has 0 aliphatic heterocycles. The molecule has 1 aromatic carbocycles. The van der Waals surface area contributed by atoms with Crippen molar-refractivity contribution in [3.63, 3.8) is 0 Å². The van der Waals surface area contributed by atoms with Gasteiger partial charge in [-0.2, -0.15) is 0 Å². The van der Waals surface area contributed by atoms with Crippen molar-refractivity contribution in [1.82, 2.24) is 0 Å². The van der Waals surface area contributed by atoms with Gasteiger partial charge in [-0.15, -0.1) is 0 Å². The fraction of sp³-hybridized carbons (Fsp3) is 0.364. The fourth-order valence-electron chi connectivity index (χ4n) is 1.06. The fourth-order valence-corrected chi connectivity index (χ4v) is 1.06.